The topological polar surface area (TPSA) is 52.0 Å². The van der Waals surface area contributed by atoms with Gasteiger partial charge in [0.15, 0.2) is 0 Å². The Hall–Kier alpha value is -1.45. The molecule has 4 nitrogen and oxygen atoms in total. The number of nitrogens with zero attached hydrogens (tertiary/aromatic N) is 2. The molecule has 4 heteroatoms. The summed E-state index contributed by atoms with van der Waals surface area (Å²) in [6, 6.07) is 0.0300. The molecule has 1 heterocycles. The van der Waals surface area contributed by atoms with Gasteiger partial charge in [-0.05, 0) is 13.3 Å². The van der Waals surface area contributed by atoms with Crippen molar-refractivity contribution in [3.63, 3.8) is 0 Å². The number of ketones is 1. The van der Waals surface area contributed by atoms with E-state index < -0.39 is 0 Å². The number of aryl methyl sites for hydroxylation is 1. The number of hydrogen-bond acceptors (Lipinski definition) is 3. The first-order valence-electron chi connectivity index (χ1n) is 4.73. The summed E-state index contributed by atoms with van der Waals surface area (Å²) < 4.78 is 1.58. The average Bonchev–Trinajstić information content (AvgIpc) is 2.57. The third-order valence-electron chi connectivity index (χ3n) is 2.64. The van der Waals surface area contributed by atoms with Crippen molar-refractivity contribution in [1.29, 1.82) is 0 Å². The number of aromatic nitrogens is 2. The first-order valence-corrected chi connectivity index (χ1v) is 4.73. The molecule has 1 aromatic heterocycles. The molecule has 1 fully saturated rings. The van der Waals surface area contributed by atoms with Crippen LogP contribution in [0.25, 0.3) is 0 Å². The Labute approximate surface area is 81.6 Å². The maximum Gasteiger partial charge on any atom is 0.256 e. The summed E-state index contributed by atoms with van der Waals surface area (Å²) in [6.07, 6.45) is 4.91. The van der Waals surface area contributed by atoms with E-state index in [1.807, 2.05) is 0 Å². The lowest BCUT2D eigenvalue weighted by Gasteiger charge is -2.11. The summed E-state index contributed by atoms with van der Waals surface area (Å²) in [5.41, 5.74) is 0.603. The SMILES string of the molecule is Cc1cncn(C2CCC(=O)C2)c1=O. The van der Waals surface area contributed by atoms with E-state index in [2.05, 4.69) is 4.98 Å². The molecular formula is C10H12N2O2. The second-order valence-electron chi connectivity index (χ2n) is 3.72. The Morgan fingerprint density at radius 3 is 2.93 bits per heavy atom. The van der Waals surface area contributed by atoms with Crippen molar-refractivity contribution in [2.24, 2.45) is 0 Å². The van der Waals surface area contributed by atoms with Gasteiger partial charge in [-0.25, -0.2) is 4.98 Å². The van der Waals surface area contributed by atoms with Crippen LogP contribution in [-0.2, 0) is 4.79 Å². The highest BCUT2D eigenvalue weighted by Crippen LogP contribution is 2.25. The van der Waals surface area contributed by atoms with Crippen LogP contribution in [0.5, 0.6) is 0 Å². The van der Waals surface area contributed by atoms with Gasteiger partial charge in [-0.2, -0.15) is 0 Å². The Bertz CT molecular complexity index is 422. The second-order valence-corrected chi connectivity index (χ2v) is 3.72. The van der Waals surface area contributed by atoms with Crippen molar-refractivity contribution < 1.29 is 4.79 Å². The Kier molecular flexibility index (Phi) is 2.19. The maximum atomic E-state index is 11.7. The summed E-state index contributed by atoms with van der Waals surface area (Å²) in [5.74, 6) is 0.239. The number of Topliss-reactive ketones (excluding diaryl/α,β-unsaturated/α-hetero) is 1. The largest absolute Gasteiger partial charge is 0.300 e. The van der Waals surface area contributed by atoms with Gasteiger partial charge in [0.1, 0.15) is 5.78 Å². The first kappa shape index (κ1) is 9.12. The standard InChI is InChI=1S/C10H12N2O2/c1-7-5-11-6-12(10(7)14)8-2-3-9(13)4-8/h5-6,8H,2-4H2,1H3. The van der Waals surface area contributed by atoms with Gasteiger partial charge in [-0.15, -0.1) is 0 Å². The number of carbonyl (C=O) groups excluding carboxylic acids is 1. The number of rotatable bonds is 1. The molecule has 1 aliphatic carbocycles. The lowest BCUT2D eigenvalue weighted by atomic mass is 10.2. The Morgan fingerprint density at radius 2 is 2.29 bits per heavy atom. The van der Waals surface area contributed by atoms with E-state index in [0.29, 0.717) is 18.4 Å². The van der Waals surface area contributed by atoms with Gasteiger partial charge in [-0.1, -0.05) is 0 Å². The van der Waals surface area contributed by atoms with E-state index in [9.17, 15) is 9.59 Å². The molecule has 0 saturated heterocycles. The van der Waals surface area contributed by atoms with Gasteiger partial charge in [0.25, 0.3) is 5.56 Å². The molecule has 1 atom stereocenters. The van der Waals surface area contributed by atoms with Gasteiger partial charge in [0, 0.05) is 30.6 Å². The molecule has 0 aromatic carbocycles. The van der Waals surface area contributed by atoms with Crippen molar-refractivity contribution in [3.05, 3.63) is 28.4 Å². The van der Waals surface area contributed by atoms with Gasteiger partial charge in [-0.3, -0.25) is 14.2 Å². The molecule has 1 saturated carbocycles. The minimum Gasteiger partial charge on any atom is -0.300 e. The van der Waals surface area contributed by atoms with Gasteiger partial charge >= 0.3 is 0 Å². The van der Waals surface area contributed by atoms with Crippen LogP contribution in [0.15, 0.2) is 17.3 Å². The van der Waals surface area contributed by atoms with Crippen LogP contribution < -0.4 is 5.56 Å². The maximum absolute atomic E-state index is 11.7. The summed E-state index contributed by atoms with van der Waals surface area (Å²) in [7, 11) is 0. The molecule has 0 radical (unpaired) electrons. The van der Waals surface area contributed by atoms with E-state index in [1.165, 1.54) is 6.33 Å². The minimum absolute atomic E-state index is 0.0281. The molecule has 1 aliphatic rings. The smallest absolute Gasteiger partial charge is 0.256 e. The predicted molar refractivity (Wildman–Crippen MR) is 51.1 cm³/mol. The van der Waals surface area contributed by atoms with E-state index in [-0.39, 0.29) is 17.4 Å². The van der Waals surface area contributed by atoms with Crippen molar-refractivity contribution in [2.75, 3.05) is 0 Å². The fourth-order valence-corrected chi connectivity index (χ4v) is 1.82. The zero-order valence-corrected chi connectivity index (χ0v) is 8.06. The van der Waals surface area contributed by atoms with Crippen LogP contribution in [-0.4, -0.2) is 15.3 Å². The normalized spacial score (nSPS) is 21.5. The fraction of sp³-hybridized carbons (Fsp3) is 0.500. The molecule has 0 spiro atoms. The van der Waals surface area contributed by atoms with Crippen LogP contribution >= 0.6 is 0 Å². The number of carbonyl (C=O) groups is 1. The predicted octanol–water partition coefficient (Wildman–Crippen LogP) is 0.846. The van der Waals surface area contributed by atoms with Gasteiger partial charge in [0.05, 0.1) is 6.33 Å². The third kappa shape index (κ3) is 1.47. The molecule has 1 unspecified atom stereocenters. The number of hydrogen-bond donors (Lipinski definition) is 0. The molecule has 0 aliphatic heterocycles. The zero-order valence-electron chi connectivity index (χ0n) is 8.06. The lowest BCUT2D eigenvalue weighted by Crippen LogP contribution is -2.25. The highest BCUT2D eigenvalue weighted by molar-refractivity contribution is 5.80. The molecule has 74 valence electrons. The van der Waals surface area contributed by atoms with E-state index in [4.69, 9.17) is 0 Å². The van der Waals surface area contributed by atoms with Crippen molar-refractivity contribution in [2.45, 2.75) is 32.2 Å². The monoisotopic (exact) mass is 192 g/mol. The Morgan fingerprint density at radius 1 is 1.50 bits per heavy atom. The first-order chi connectivity index (χ1) is 6.68. The highest BCUT2D eigenvalue weighted by atomic mass is 16.1. The molecule has 0 amide bonds. The molecule has 2 rings (SSSR count). The summed E-state index contributed by atoms with van der Waals surface area (Å²) in [6.45, 7) is 1.74. The van der Waals surface area contributed by atoms with Crippen molar-refractivity contribution in [1.82, 2.24) is 9.55 Å². The van der Waals surface area contributed by atoms with Gasteiger partial charge in [0.2, 0.25) is 0 Å². The molecule has 1 aromatic rings. The third-order valence-corrected chi connectivity index (χ3v) is 2.64. The van der Waals surface area contributed by atoms with Crippen LogP contribution in [0.3, 0.4) is 0 Å². The molecular weight excluding hydrogens is 180 g/mol. The molecule has 0 bridgehead atoms. The van der Waals surface area contributed by atoms with Gasteiger partial charge < -0.3 is 0 Å². The lowest BCUT2D eigenvalue weighted by molar-refractivity contribution is -0.117. The summed E-state index contributed by atoms with van der Waals surface area (Å²) >= 11 is 0. The highest BCUT2D eigenvalue weighted by Gasteiger charge is 2.24. The van der Waals surface area contributed by atoms with E-state index >= 15 is 0 Å². The quantitative estimate of drug-likeness (QED) is 0.662. The molecule has 14 heavy (non-hydrogen) atoms. The van der Waals surface area contributed by atoms with Crippen LogP contribution in [0.4, 0.5) is 0 Å². The zero-order chi connectivity index (χ0) is 10.1. The van der Waals surface area contributed by atoms with Crippen LogP contribution in [0.2, 0.25) is 0 Å². The second kappa shape index (κ2) is 3.36. The van der Waals surface area contributed by atoms with Crippen LogP contribution in [0.1, 0.15) is 30.9 Å². The van der Waals surface area contributed by atoms with E-state index in [0.717, 1.165) is 6.42 Å². The van der Waals surface area contributed by atoms with Crippen molar-refractivity contribution in [3.8, 4) is 0 Å². The summed E-state index contributed by atoms with van der Waals surface area (Å²) in [5, 5.41) is 0. The fourth-order valence-electron chi connectivity index (χ4n) is 1.82. The Balaban J connectivity index is 2.37. The van der Waals surface area contributed by atoms with E-state index in [1.54, 1.807) is 17.7 Å². The average molecular weight is 192 g/mol. The minimum atomic E-state index is -0.0281. The van der Waals surface area contributed by atoms with Crippen molar-refractivity contribution >= 4 is 5.78 Å². The van der Waals surface area contributed by atoms with Crippen LogP contribution in [0, 0.1) is 6.92 Å². The summed E-state index contributed by atoms with van der Waals surface area (Å²) in [4.78, 5) is 26.7. The molecule has 0 N–H and O–H groups in total.